The van der Waals surface area contributed by atoms with Crippen LogP contribution < -0.4 is 0 Å². The van der Waals surface area contributed by atoms with Gasteiger partial charge in [0.05, 0.1) is 6.61 Å². The van der Waals surface area contributed by atoms with Crippen molar-refractivity contribution < 1.29 is 14.3 Å². The number of hydrogen-bond acceptors (Lipinski definition) is 3. The molecule has 0 aromatic carbocycles. The van der Waals surface area contributed by atoms with Crippen LogP contribution in [0.15, 0.2) is 0 Å². The van der Waals surface area contributed by atoms with Gasteiger partial charge in [0.25, 0.3) is 0 Å². The fourth-order valence-corrected chi connectivity index (χ4v) is 1.92. The van der Waals surface area contributed by atoms with E-state index in [-0.39, 0.29) is 17.8 Å². The molecule has 0 spiro atoms. The van der Waals surface area contributed by atoms with Gasteiger partial charge in [-0.25, -0.2) is 0 Å². The molecule has 1 fully saturated rings. The third-order valence-electron chi connectivity index (χ3n) is 2.71. The molecule has 0 saturated carbocycles. The van der Waals surface area contributed by atoms with Crippen LogP contribution in [0.4, 0.5) is 0 Å². The normalized spacial score (nSPS) is 22.9. The van der Waals surface area contributed by atoms with Crippen LogP contribution in [0.5, 0.6) is 0 Å². The molecule has 1 aliphatic heterocycles. The Morgan fingerprint density at radius 1 is 1.47 bits per heavy atom. The van der Waals surface area contributed by atoms with Gasteiger partial charge in [-0.1, -0.05) is 13.8 Å². The maximum absolute atomic E-state index is 11.9. The molecular formula is C12H22O3. The average molecular weight is 214 g/mol. The van der Waals surface area contributed by atoms with Gasteiger partial charge >= 0.3 is 0 Å². The van der Waals surface area contributed by atoms with Gasteiger partial charge in [0.15, 0.2) is 5.78 Å². The summed E-state index contributed by atoms with van der Waals surface area (Å²) in [6.07, 6.45) is 3.24. The second-order valence-corrected chi connectivity index (χ2v) is 4.13. The van der Waals surface area contributed by atoms with Gasteiger partial charge in [0.1, 0.15) is 6.10 Å². The molecule has 2 unspecified atom stereocenters. The zero-order valence-corrected chi connectivity index (χ0v) is 9.83. The van der Waals surface area contributed by atoms with E-state index in [1.54, 1.807) is 0 Å². The Morgan fingerprint density at radius 3 is 2.80 bits per heavy atom. The summed E-state index contributed by atoms with van der Waals surface area (Å²) in [5.41, 5.74) is 0. The van der Waals surface area contributed by atoms with E-state index in [0.717, 1.165) is 25.9 Å². The van der Waals surface area contributed by atoms with E-state index in [2.05, 4.69) is 6.92 Å². The van der Waals surface area contributed by atoms with Gasteiger partial charge in [0.2, 0.25) is 0 Å². The Bertz CT molecular complexity index is 185. The Kier molecular flexibility index (Phi) is 5.88. The van der Waals surface area contributed by atoms with Crippen LogP contribution in [-0.2, 0) is 14.3 Å². The first-order chi connectivity index (χ1) is 7.29. The minimum absolute atomic E-state index is 0.215. The monoisotopic (exact) mass is 214 g/mol. The molecule has 0 aliphatic carbocycles. The summed E-state index contributed by atoms with van der Waals surface area (Å²) in [6, 6.07) is 0. The number of carbonyl (C=O) groups excluding carboxylic acids is 1. The lowest BCUT2D eigenvalue weighted by atomic mass is 9.96. The molecule has 0 bridgehead atoms. The van der Waals surface area contributed by atoms with Crippen LogP contribution in [-0.4, -0.2) is 31.7 Å². The van der Waals surface area contributed by atoms with E-state index in [4.69, 9.17) is 9.47 Å². The molecule has 2 atom stereocenters. The summed E-state index contributed by atoms with van der Waals surface area (Å²) in [6.45, 7) is 6.23. The predicted octanol–water partition coefficient (Wildman–Crippen LogP) is 2.19. The number of carbonyl (C=O) groups is 1. The Morgan fingerprint density at radius 2 is 2.27 bits per heavy atom. The van der Waals surface area contributed by atoms with Crippen LogP contribution in [0.25, 0.3) is 0 Å². The summed E-state index contributed by atoms with van der Waals surface area (Å²) >= 11 is 0. The molecule has 15 heavy (non-hydrogen) atoms. The van der Waals surface area contributed by atoms with Crippen molar-refractivity contribution in [1.82, 2.24) is 0 Å². The molecule has 0 amide bonds. The molecule has 0 aromatic rings. The number of ether oxygens (including phenoxy) is 2. The summed E-state index contributed by atoms with van der Waals surface area (Å²) < 4.78 is 11.0. The summed E-state index contributed by atoms with van der Waals surface area (Å²) in [7, 11) is 0. The van der Waals surface area contributed by atoms with E-state index >= 15 is 0 Å². The van der Waals surface area contributed by atoms with Gasteiger partial charge in [-0.15, -0.1) is 0 Å². The van der Waals surface area contributed by atoms with E-state index in [1.165, 1.54) is 0 Å². The Balaban J connectivity index is 2.46. The lowest BCUT2D eigenvalue weighted by Gasteiger charge is -2.21. The second kappa shape index (κ2) is 6.96. The van der Waals surface area contributed by atoms with Gasteiger partial charge in [0, 0.05) is 25.6 Å². The van der Waals surface area contributed by atoms with Crippen LogP contribution in [0, 0.1) is 5.92 Å². The molecule has 1 heterocycles. The van der Waals surface area contributed by atoms with Crippen molar-refractivity contribution in [2.24, 2.45) is 5.92 Å². The molecule has 0 N–H and O–H groups in total. The van der Waals surface area contributed by atoms with Crippen molar-refractivity contribution in [2.75, 3.05) is 19.8 Å². The van der Waals surface area contributed by atoms with Crippen molar-refractivity contribution >= 4 is 5.78 Å². The molecule has 3 heteroatoms. The summed E-state index contributed by atoms with van der Waals surface area (Å²) in [5.74, 6) is 0.539. The zero-order chi connectivity index (χ0) is 11.1. The minimum Gasteiger partial charge on any atom is -0.381 e. The molecule has 1 rings (SSSR count). The first-order valence-electron chi connectivity index (χ1n) is 6.01. The topological polar surface area (TPSA) is 35.5 Å². The quantitative estimate of drug-likeness (QED) is 0.651. The average Bonchev–Trinajstić information content (AvgIpc) is 2.72. The number of hydrogen-bond donors (Lipinski definition) is 0. The number of Topliss-reactive ketones (excluding diaryl/α,β-unsaturated/α-hetero) is 1. The lowest BCUT2D eigenvalue weighted by Crippen LogP contribution is -2.33. The molecule has 1 aliphatic rings. The van der Waals surface area contributed by atoms with Crippen LogP contribution in [0.3, 0.4) is 0 Å². The van der Waals surface area contributed by atoms with Crippen LogP contribution >= 0.6 is 0 Å². The molecule has 0 aromatic heterocycles. The highest BCUT2D eigenvalue weighted by molar-refractivity contribution is 5.83. The highest BCUT2D eigenvalue weighted by atomic mass is 16.5. The van der Waals surface area contributed by atoms with Gasteiger partial charge in [-0.2, -0.15) is 0 Å². The van der Waals surface area contributed by atoms with Gasteiger partial charge in [-0.3, -0.25) is 4.79 Å². The van der Waals surface area contributed by atoms with E-state index in [0.29, 0.717) is 19.6 Å². The molecular weight excluding hydrogens is 192 g/mol. The fourth-order valence-electron chi connectivity index (χ4n) is 1.92. The molecule has 0 radical (unpaired) electrons. The van der Waals surface area contributed by atoms with E-state index in [1.807, 2.05) is 6.92 Å². The molecule has 88 valence electrons. The Labute approximate surface area is 92.1 Å². The van der Waals surface area contributed by atoms with Crippen LogP contribution in [0.2, 0.25) is 0 Å². The molecule has 3 nitrogen and oxygen atoms in total. The largest absolute Gasteiger partial charge is 0.381 e. The third-order valence-corrected chi connectivity index (χ3v) is 2.71. The van der Waals surface area contributed by atoms with Crippen molar-refractivity contribution in [1.29, 1.82) is 0 Å². The third kappa shape index (κ3) is 3.92. The maximum atomic E-state index is 11.9. The van der Waals surface area contributed by atoms with Crippen molar-refractivity contribution in [3.63, 3.8) is 0 Å². The predicted molar refractivity (Wildman–Crippen MR) is 58.9 cm³/mol. The molecule has 1 saturated heterocycles. The first kappa shape index (κ1) is 12.7. The highest BCUT2D eigenvalue weighted by Crippen LogP contribution is 2.21. The van der Waals surface area contributed by atoms with Crippen molar-refractivity contribution in [3.8, 4) is 0 Å². The van der Waals surface area contributed by atoms with Gasteiger partial charge < -0.3 is 9.47 Å². The summed E-state index contributed by atoms with van der Waals surface area (Å²) in [4.78, 5) is 11.9. The second-order valence-electron chi connectivity index (χ2n) is 4.13. The summed E-state index contributed by atoms with van der Waals surface area (Å²) in [5, 5.41) is 0. The van der Waals surface area contributed by atoms with Crippen molar-refractivity contribution in [3.05, 3.63) is 0 Å². The van der Waals surface area contributed by atoms with E-state index < -0.39 is 0 Å². The Hall–Kier alpha value is -0.410. The number of rotatable bonds is 7. The SMILES string of the molecule is CCCOC(C(=O)CCC)C1CCOC1. The minimum atomic E-state index is -0.215. The zero-order valence-electron chi connectivity index (χ0n) is 9.83. The number of ketones is 1. The fraction of sp³-hybridized carbons (Fsp3) is 0.917. The van der Waals surface area contributed by atoms with Crippen molar-refractivity contribution in [2.45, 2.75) is 45.6 Å². The maximum Gasteiger partial charge on any atom is 0.161 e. The highest BCUT2D eigenvalue weighted by Gasteiger charge is 2.31. The van der Waals surface area contributed by atoms with Crippen LogP contribution in [0.1, 0.15) is 39.5 Å². The lowest BCUT2D eigenvalue weighted by molar-refractivity contribution is -0.134. The van der Waals surface area contributed by atoms with Gasteiger partial charge in [-0.05, 0) is 19.3 Å². The standard InChI is InChI=1S/C12H22O3/c1-3-5-11(13)12(15-7-4-2)10-6-8-14-9-10/h10,12H,3-9H2,1-2H3. The smallest absolute Gasteiger partial charge is 0.161 e. The first-order valence-corrected chi connectivity index (χ1v) is 6.01. The van der Waals surface area contributed by atoms with E-state index in [9.17, 15) is 4.79 Å².